The normalized spacial score (nSPS) is 15.5. The Morgan fingerprint density at radius 1 is 1.31 bits per heavy atom. The van der Waals surface area contributed by atoms with Crippen molar-refractivity contribution in [2.75, 3.05) is 7.11 Å². The van der Waals surface area contributed by atoms with Crippen molar-refractivity contribution in [1.29, 1.82) is 0 Å². The van der Waals surface area contributed by atoms with Crippen LogP contribution in [0.15, 0.2) is 18.2 Å². The Bertz CT molecular complexity index is 303. The van der Waals surface area contributed by atoms with Crippen LogP contribution in [0.25, 0.3) is 0 Å². The van der Waals surface area contributed by atoms with Gasteiger partial charge in [0.05, 0.1) is 13.2 Å². The molecule has 13 heavy (non-hydrogen) atoms. The molecule has 1 saturated carbocycles. The van der Waals surface area contributed by atoms with Gasteiger partial charge in [0, 0.05) is 0 Å². The van der Waals surface area contributed by atoms with Crippen LogP contribution in [-0.2, 0) is 0 Å². The third-order valence-electron chi connectivity index (χ3n) is 2.19. The van der Waals surface area contributed by atoms with Crippen LogP contribution in [0, 0.1) is 6.92 Å². The van der Waals surface area contributed by atoms with Gasteiger partial charge in [-0.25, -0.2) is 0 Å². The molecular weight excluding hydrogens is 164 g/mol. The minimum atomic E-state index is 0.466. The maximum atomic E-state index is 5.65. The van der Waals surface area contributed by atoms with Crippen molar-refractivity contribution in [3.63, 3.8) is 0 Å². The van der Waals surface area contributed by atoms with E-state index in [0.717, 1.165) is 17.1 Å². The molecule has 70 valence electrons. The highest BCUT2D eigenvalue weighted by atomic mass is 16.5. The first-order valence-electron chi connectivity index (χ1n) is 4.61. The number of methoxy groups -OCH3 is 1. The maximum absolute atomic E-state index is 5.65. The van der Waals surface area contributed by atoms with Crippen molar-refractivity contribution < 1.29 is 9.47 Å². The van der Waals surface area contributed by atoms with Gasteiger partial charge in [0.1, 0.15) is 11.5 Å². The molecule has 1 fully saturated rings. The van der Waals surface area contributed by atoms with E-state index in [9.17, 15) is 0 Å². The monoisotopic (exact) mass is 178 g/mol. The van der Waals surface area contributed by atoms with Crippen LogP contribution < -0.4 is 9.47 Å². The molecule has 0 bridgehead atoms. The lowest BCUT2D eigenvalue weighted by molar-refractivity contribution is 0.302. The second-order valence-corrected chi connectivity index (χ2v) is 3.45. The van der Waals surface area contributed by atoms with Gasteiger partial charge in [-0.05, 0) is 43.5 Å². The molecule has 1 aromatic rings. The predicted molar refractivity (Wildman–Crippen MR) is 51.4 cm³/mol. The fourth-order valence-electron chi connectivity index (χ4n) is 1.30. The fraction of sp³-hybridized carbons (Fsp3) is 0.455. The summed E-state index contributed by atoms with van der Waals surface area (Å²) < 4.78 is 10.8. The molecule has 1 aliphatic rings. The van der Waals surface area contributed by atoms with Gasteiger partial charge in [0.15, 0.2) is 0 Å². The quantitative estimate of drug-likeness (QED) is 0.708. The largest absolute Gasteiger partial charge is 0.496 e. The topological polar surface area (TPSA) is 18.5 Å². The Balaban J connectivity index is 2.13. The first-order chi connectivity index (χ1) is 6.29. The molecule has 0 aliphatic heterocycles. The second kappa shape index (κ2) is 3.29. The summed E-state index contributed by atoms with van der Waals surface area (Å²) in [7, 11) is 1.68. The number of benzene rings is 1. The van der Waals surface area contributed by atoms with Crippen LogP contribution in [0.1, 0.15) is 18.4 Å². The summed E-state index contributed by atoms with van der Waals surface area (Å²) in [6, 6.07) is 5.94. The van der Waals surface area contributed by atoms with E-state index >= 15 is 0 Å². The van der Waals surface area contributed by atoms with Gasteiger partial charge < -0.3 is 9.47 Å². The first kappa shape index (κ1) is 8.42. The molecule has 0 radical (unpaired) electrons. The summed E-state index contributed by atoms with van der Waals surface area (Å²) in [5.41, 5.74) is 1.13. The molecular formula is C11H14O2. The molecule has 0 amide bonds. The average Bonchev–Trinajstić information content (AvgIpc) is 2.89. The van der Waals surface area contributed by atoms with E-state index in [-0.39, 0.29) is 0 Å². The highest BCUT2D eigenvalue weighted by Crippen LogP contribution is 2.29. The van der Waals surface area contributed by atoms with E-state index in [1.807, 2.05) is 25.1 Å². The molecule has 2 rings (SSSR count). The standard InChI is InChI=1S/C11H14O2/c1-8-7-10(13-9-3-4-9)5-6-11(8)12-2/h5-7,9H,3-4H2,1-2H3. The minimum absolute atomic E-state index is 0.466. The van der Waals surface area contributed by atoms with Crippen molar-refractivity contribution in [3.05, 3.63) is 23.8 Å². The molecule has 0 atom stereocenters. The Kier molecular flexibility index (Phi) is 2.13. The fourth-order valence-corrected chi connectivity index (χ4v) is 1.30. The third kappa shape index (κ3) is 1.94. The average molecular weight is 178 g/mol. The number of aryl methyl sites for hydroxylation is 1. The summed E-state index contributed by atoms with van der Waals surface area (Å²) in [4.78, 5) is 0. The van der Waals surface area contributed by atoms with E-state index in [0.29, 0.717) is 6.10 Å². The van der Waals surface area contributed by atoms with E-state index in [1.165, 1.54) is 12.8 Å². The molecule has 0 heterocycles. The van der Waals surface area contributed by atoms with E-state index in [1.54, 1.807) is 7.11 Å². The Labute approximate surface area is 78.5 Å². The molecule has 1 aromatic carbocycles. The Morgan fingerprint density at radius 3 is 2.62 bits per heavy atom. The van der Waals surface area contributed by atoms with Crippen molar-refractivity contribution in [2.24, 2.45) is 0 Å². The lowest BCUT2D eigenvalue weighted by Gasteiger charge is -2.08. The van der Waals surface area contributed by atoms with Gasteiger partial charge in [0.2, 0.25) is 0 Å². The summed E-state index contributed by atoms with van der Waals surface area (Å²) in [5.74, 6) is 1.88. The molecule has 2 nitrogen and oxygen atoms in total. The number of ether oxygens (including phenoxy) is 2. The number of rotatable bonds is 3. The zero-order chi connectivity index (χ0) is 9.26. The van der Waals surface area contributed by atoms with Crippen LogP contribution in [0.5, 0.6) is 11.5 Å². The lowest BCUT2D eigenvalue weighted by atomic mass is 10.2. The van der Waals surface area contributed by atoms with Gasteiger partial charge in [-0.3, -0.25) is 0 Å². The van der Waals surface area contributed by atoms with Gasteiger partial charge >= 0.3 is 0 Å². The second-order valence-electron chi connectivity index (χ2n) is 3.45. The van der Waals surface area contributed by atoms with Crippen LogP contribution in [0.2, 0.25) is 0 Å². The molecule has 0 unspecified atom stereocenters. The van der Waals surface area contributed by atoms with E-state index in [2.05, 4.69) is 0 Å². The third-order valence-corrected chi connectivity index (χ3v) is 2.19. The van der Waals surface area contributed by atoms with Crippen molar-refractivity contribution in [1.82, 2.24) is 0 Å². The van der Waals surface area contributed by atoms with Crippen LogP contribution >= 0.6 is 0 Å². The molecule has 0 saturated heterocycles. The van der Waals surface area contributed by atoms with Crippen LogP contribution in [0.3, 0.4) is 0 Å². The SMILES string of the molecule is COc1ccc(OC2CC2)cc1C. The Morgan fingerprint density at radius 2 is 2.08 bits per heavy atom. The van der Waals surface area contributed by atoms with Gasteiger partial charge in [-0.1, -0.05) is 0 Å². The molecule has 2 heteroatoms. The maximum Gasteiger partial charge on any atom is 0.122 e. The highest BCUT2D eigenvalue weighted by Gasteiger charge is 2.23. The van der Waals surface area contributed by atoms with Gasteiger partial charge in [-0.2, -0.15) is 0 Å². The summed E-state index contributed by atoms with van der Waals surface area (Å²) in [6.45, 7) is 2.03. The Hall–Kier alpha value is -1.18. The lowest BCUT2D eigenvalue weighted by Crippen LogP contribution is -1.96. The first-order valence-corrected chi connectivity index (χ1v) is 4.61. The van der Waals surface area contributed by atoms with Crippen molar-refractivity contribution >= 4 is 0 Å². The molecule has 0 N–H and O–H groups in total. The zero-order valence-electron chi connectivity index (χ0n) is 8.04. The zero-order valence-corrected chi connectivity index (χ0v) is 8.04. The van der Waals surface area contributed by atoms with Crippen molar-refractivity contribution in [2.45, 2.75) is 25.9 Å². The van der Waals surface area contributed by atoms with Gasteiger partial charge in [-0.15, -0.1) is 0 Å². The van der Waals surface area contributed by atoms with Gasteiger partial charge in [0.25, 0.3) is 0 Å². The smallest absolute Gasteiger partial charge is 0.122 e. The summed E-state index contributed by atoms with van der Waals surface area (Å²) >= 11 is 0. The minimum Gasteiger partial charge on any atom is -0.496 e. The van der Waals surface area contributed by atoms with Crippen LogP contribution in [-0.4, -0.2) is 13.2 Å². The predicted octanol–water partition coefficient (Wildman–Crippen LogP) is 2.54. The molecule has 1 aliphatic carbocycles. The van der Waals surface area contributed by atoms with Crippen LogP contribution in [0.4, 0.5) is 0 Å². The number of hydrogen-bond donors (Lipinski definition) is 0. The van der Waals surface area contributed by atoms with E-state index < -0.39 is 0 Å². The highest BCUT2D eigenvalue weighted by molar-refractivity contribution is 5.39. The van der Waals surface area contributed by atoms with Crippen molar-refractivity contribution in [3.8, 4) is 11.5 Å². The molecule has 0 spiro atoms. The number of hydrogen-bond acceptors (Lipinski definition) is 2. The summed E-state index contributed by atoms with van der Waals surface area (Å²) in [6.07, 6.45) is 2.86. The summed E-state index contributed by atoms with van der Waals surface area (Å²) in [5, 5.41) is 0. The van der Waals surface area contributed by atoms with E-state index in [4.69, 9.17) is 9.47 Å². The molecule has 0 aromatic heterocycles.